The lowest BCUT2D eigenvalue weighted by atomic mass is 9.90. The summed E-state index contributed by atoms with van der Waals surface area (Å²) in [5, 5.41) is 7.66. The summed E-state index contributed by atoms with van der Waals surface area (Å²) < 4.78 is 0. The highest BCUT2D eigenvalue weighted by Crippen LogP contribution is 2.43. The zero-order valence-electron chi connectivity index (χ0n) is 30.3. The summed E-state index contributed by atoms with van der Waals surface area (Å²) in [6.45, 7) is 0. The van der Waals surface area contributed by atoms with Crippen LogP contribution in [0.3, 0.4) is 0 Å². The van der Waals surface area contributed by atoms with Crippen LogP contribution in [0.25, 0.3) is 76.8 Å². The number of fused-ring (bicyclic) bond motifs is 5. The third-order valence-corrected chi connectivity index (χ3v) is 10.8. The van der Waals surface area contributed by atoms with Crippen LogP contribution in [0, 0.1) is 0 Å². The average Bonchev–Trinajstić information content (AvgIpc) is 3.27. The first-order valence-corrected chi connectivity index (χ1v) is 18.9. The Bertz CT molecular complexity index is 2930. The fraction of sp³-hybridized carbons (Fsp3) is 0. The van der Waals surface area contributed by atoms with Crippen LogP contribution in [0.1, 0.15) is 0 Å². The largest absolute Gasteiger partial charge is 0.310 e. The van der Waals surface area contributed by atoms with Crippen molar-refractivity contribution >= 4 is 49.4 Å². The molecule has 10 rings (SSSR count). The zero-order valence-corrected chi connectivity index (χ0v) is 30.3. The van der Waals surface area contributed by atoms with Gasteiger partial charge in [0.25, 0.3) is 0 Å². The molecule has 0 aromatic heterocycles. The lowest BCUT2D eigenvalue weighted by Crippen LogP contribution is -2.10. The Hall–Kier alpha value is -7.22. The minimum atomic E-state index is 1.10. The Labute approximate surface area is 322 Å². The van der Waals surface area contributed by atoms with E-state index in [0.717, 1.165) is 17.1 Å². The van der Waals surface area contributed by atoms with Crippen LogP contribution in [0.4, 0.5) is 17.1 Å². The number of nitrogens with zero attached hydrogens (tertiary/aromatic N) is 1. The first kappa shape index (κ1) is 32.4. The van der Waals surface area contributed by atoms with Crippen LogP contribution in [-0.4, -0.2) is 0 Å². The normalized spacial score (nSPS) is 11.3. The van der Waals surface area contributed by atoms with Gasteiger partial charge in [0.2, 0.25) is 0 Å². The van der Waals surface area contributed by atoms with Gasteiger partial charge in [-0.3, -0.25) is 0 Å². The van der Waals surface area contributed by atoms with Crippen molar-refractivity contribution in [2.24, 2.45) is 0 Å². The van der Waals surface area contributed by atoms with E-state index in [1.807, 2.05) is 0 Å². The summed E-state index contributed by atoms with van der Waals surface area (Å²) in [5.41, 5.74) is 12.9. The second-order valence-corrected chi connectivity index (χ2v) is 14.1. The minimum absolute atomic E-state index is 1.10. The van der Waals surface area contributed by atoms with Gasteiger partial charge in [-0.2, -0.15) is 0 Å². The summed E-state index contributed by atoms with van der Waals surface area (Å²) >= 11 is 0. The molecule has 0 aliphatic heterocycles. The molecule has 0 saturated carbocycles. The van der Waals surface area contributed by atoms with Gasteiger partial charge in [0.1, 0.15) is 0 Å². The van der Waals surface area contributed by atoms with Crippen molar-refractivity contribution in [3.63, 3.8) is 0 Å². The van der Waals surface area contributed by atoms with E-state index in [-0.39, 0.29) is 0 Å². The lowest BCUT2D eigenvalue weighted by Gasteiger charge is -2.27. The van der Waals surface area contributed by atoms with E-state index < -0.39 is 0 Å². The Balaban J connectivity index is 1.12. The molecular formula is C54H37N. The molecule has 10 aromatic rings. The number of benzene rings is 10. The van der Waals surface area contributed by atoms with E-state index in [9.17, 15) is 0 Å². The van der Waals surface area contributed by atoms with Crippen LogP contribution in [-0.2, 0) is 0 Å². The molecule has 10 aromatic carbocycles. The van der Waals surface area contributed by atoms with Gasteiger partial charge < -0.3 is 4.90 Å². The summed E-state index contributed by atoms with van der Waals surface area (Å²) in [5.74, 6) is 0. The van der Waals surface area contributed by atoms with E-state index in [0.29, 0.717) is 0 Å². The van der Waals surface area contributed by atoms with Crippen molar-refractivity contribution in [3.8, 4) is 44.5 Å². The Morgan fingerprint density at radius 3 is 1.35 bits per heavy atom. The van der Waals surface area contributed by atoms with Crippen molar-refractivity contribution < 1.29 is 0 Å². The van der Waals surface area contributed by atoms with E-state index in [4.69, 9.17) is 0 Å². The van der Waals surface area contributed by atoms with Crippen LogP contribution in [0.15, 0.2) is 224 Å². The number of anilines is 3. The molecule has 0 atom stereocenters. The molecule has 1 heteroatoms. The molecule has 0 heterocycles. The molecule has 0 radical (unpaired) electrons. The Morgan fingerprint density at radius 2 is 0.691 bits per heavy atom. The average molecular weight is 700 g/mol. The smallest absolute Gasteiger partial charge is 0.0468 e. The molecule has 0 aliphatic rings. The second-order valence-electron chi connectivity index (χ2n) is 14.1. The first-order chi connectivity index (χ1) is 27.3. The molecule has 0 bridgehead atoms. The summed E-state index contributed by atoms with van der Waals surface area (Å²) in [6, 6.07) is 81.4. The Kier molecular flexibility index (Phi) is 8.24. The summed E-state index contributed by atoms with van der Waals surface area (Å²) in [6.07, 6.45) is 0. The van der Waals surface area contributed by atoms with Crippen LogP contribution >= 0.6 is 0 Å². The van der Waals surface area contributed by atoms with E-state index in [1.165, 1.54) is 76.8 Å². The molecular weight excluding hydrogens is 663 g/mol. The van der Waals surface area contributed by atoms with Gasteiger partial charge in [-0.15, -0.1) is 0 Å². The number of hydrogen-bond acceptors (Lipinski definition) is 1. The maximum atomic E-state index is 2.38. The monoisotopic (exact) mass is 699 g/mol. The van der Waals surface area contributed by atoms with E-state index in [2.05, 4.69) is 229 Å². The van der Waals surface area contributed by atoms with Gasteiger partial charge in [0.15, 0.2) is 0 Å². The van der Waals surface area contributed by atoms with Crippen molar-refractivity contribution in [2.75, 3.05) is 4.90 Å². The summed E-state index contributed by atoms with van der Waals surface area (Å²) in [4.78, 5) is 2.38. The van der Waals surface area contributed by atoms with Gasteiger partial charge in [-0.25, -0.2) is 0 Å². The lowest BCUT2D eigenvalue weighted by molar-refractivity contribution is 1.28. The van der Waals surface area contributed by atoms with Gasteiger partial charge in [-0.05, 0) is 119 Å². The van der Waals surface area contributed by atoms with Gasteiger partial charge in [0, 0.05) is 17.1 Å². The standard InChI is InChI=1S/C54H37N/c1-4-14-38(15-5-1)39-26-30-45(31-27-39)55(47-34-35-48(40-16-6-2-7-17-40)53(37-47)41-18-8-3-9-19-41)46-32-28-43(29-33-46)52-36-44-25-24-42-20-10-11-21-49(42)54(44)51-23-13-12-22-50(51)52/h1-37H. The van der Waals surface area contributed by atoms with Crippen molar-refractivity contribution in [2.45, 2.75) is 0 Å². The molecule has 0 fully saturated rings. The highest BCUT2D eigenvalue weighted by Gasteiger charge is 2.18. The fourth-order valence-electron chi connectivity index (χ4n) is 8.19. The number of hydrogen-bond donors (Lipinski definition) is 0. The highest BCUT2D eigenvalue weighted by atomic mass is 15.1. The van der Waals surface area contributed by atoms with Gasteiger partial charge in [0.05, 0.1) is 0 Å². The zero-order chi connectivity index (χ0) is 36.6. The van der Waals surface area contributed by atoms with Crippen LogP contribution in [0.5, 0.6) is 0 Å². The third kappa shape index (κ3) is 6.02. The topological polar surface area (TPSA) is 3.24 Å². The molecule has 55 heavy (non-hydrogen) atoms. The van der Waals surface area contributed by atoms with E-state index in [1.54, 1.807) is 0 Å². The Morgan fingerprint density at radius 1 is 0.236 bits per heavy atom. The SMILES string of the molecule is c1ccc(-c2ccc(N(c3ccc(-c4cc5ccc6ccccc6c5c5ccccc45)cc3)c3ccc(-c4ccccc4)c(-c4ccccc4)c3)cc2)cc1. The van der Waals surface area contributed by atoms with Crippen molar-refractivity contribution in [1.29, 1.82) is 0 Å². The maximum Gasteiger partial charge on any atom is 0.0468 e. The van der Waals surface area contributed by atoms with Crippen LogP contribution in [0.2, 0.25) is 0 Å². The predicted molar refractivity (Wildman–Crippen MR) is 235 cm³/mol. The highest BCUT2D eigenvalue weighted by molar-refractivity contribution is 6.23. The van der Waals surface area contributed by atoms with Crippen molar-refractivity contribution in [1.82, 2.24) is 0 Å². The van der Waals surface area contributed by atoms with E-state index >= 15 is 0 Å². The summed E-state index contributed by atoms with van der Waals surface area (Å²) in [7, 11) is 0. The third-order valence-electron chi connectivity index (χ3n) is 10.8. The van der Waals surface area contributed by atoms with Crippen molar-refractivity contribution in [3.05, 3.63) is 224 Å². The molecule has 0 amide bonds. The second kappa shape index (κ2) is 14.0. The molecule has 258 valence electrons. The quantitative estimate of drug-likeness (QED) is 0.150. The molecule has 0 N–H and O–H groups in total. The maximum absolute atomic E-state index is 2.38. The van der Waals surface area contributed by atoms with Gasteiger partial charge >= 0.3 is 0 Å². The van der Waals surface area contributed by atoms with Crippen LogP contribution < -0.4 is 4.90 Å². The molecule has 0 saturated heterocycles. The van der Waals surface area contributed by atoms with Gasteiger partial charge in [-0.1, -0.05) is 182 Å². The minimum Gasteiger partial charge on any atom is -0.310 e. The predicted octanol–water partition coefficient (Wildman–Crippen LogP) is 15.3. The molecule has 0 spiro atoms. The number of rotatable bonds is 7. The molecule has 0 aliphatic carbocycles. The molecule has 0 unspecified atom stereocenters. The fourth-order valence-corrected chi connectivity index (χ4v) is 8.19. The first-order valence-electron chi connectivity index (χ1n) is 18.9. The molecule has 1 nitrogen and oxygen atoms in total.